The zero-order valence-corrected chi connectivity index (χ0v) is 19.5. The van der Waals surface area contributed by atoms with Crippen LogP contribution in [0.15, 0.2) is 30.5 Å². The number of nitrogens with one attached hydrogen (secondary N) is 1. The van der Waals surface area contributed by atoms with E-state index in [-0.39, 0.29) is 5.91 Å². The Labute approximate surface area is 195 Å². The molecule has 5 heterocycles. The van der Waals surface area contributed by atoms with Crippen LogP contribution >= 0.6 is 0 Å². The van der Waals surface area contributed by atoms with Crippen molar-refractivity contribution in [3.05, 3.63) is 30.5 Å². The normalized spacial score (nSPS) is 16.9. The van der Waals surface area contributed by atoms with Gasteiger partial charge in [0.1, 0.15) is 17.3 Å². The summed E-state index contributed by atoms with van der Waals surface area (Å²) in [6, 6.07) is 8.25. The highest BCUT2D eigenvalue weighted by atomic mass is 16.2. The summed E-state index contributed by atoms with van der Waals surface area (Å²) in [5.74, 6) is 2.04. The van der Waals surface area contributed by atoms with E-state index in [2.05, 4.69) is 27.3 Å². The van der Waals surface area contributed by atoms with Crippen molar-refractivity contribution in [3.63, 3.8) is 0 Å². The fourth-order valence-corrected chi connectivity index (χ4v) is 4.87. The van der Waals surface area contributed by atoms with Gasteiger partial charge in [0.2, 0.25) is 5.91 Å². The van der Waals surface area contributed by atoms with Gasteiger partial charge >= 0.3 is 0 Å². The molecule has 8 nitrogen and oxygen atoms in total. The second-order valence-corrected chi connectivity index (χ2v) is 9.11. The van der Waals surface area contributed by atoms with E-state index >= 15 is 0 Å². The first kappa shape index (κ1) is 21.7. The van der Waals surface area contributed by atoms with Crippen LogP contribution in [0.25, 0.3) is 22.3 Å². The lowest BCUT2D eigenvalue weighted by molar-refractivity contribution is -0.129. The predicted molar refractivity (Wildman–Crippen MR) is 131 cm³/mol. The van der Waals surface area contributed by atoms with Gasteiger partial charge in [-0.1, -0.05) is 12.8 Å². The SMILES string of the molecule is Cn1nc(-c2ccc(NCCC(=O)N3CCCC3)nc2)c2ccc(N3CCCCCC3)nc21. The molecule has 33 heavy (non-hydrogen) atoms. The van der Waals surface area contributed by atoms with Crippen LogP contribution in [0.4, 0.5) is 11.6 Å². The maximum atomic E-state index is 12.2. The van der Waals surface area contributed by atoms with Gasteiger partial charge in [-0.2, -0.15) is 5.10 Å². The lowest BCUT2D eigenvalue weighted by Crippen LogP contribution is -2.29. The Kier molecular flexibility index (Phi) is 6.41. The molecule has 3 aromatic heterocycles. The van der Waals surface area contributed by atoms with Crippen LogP contribution in [0, 0.1) is 0 Å². The van der Waals surface area contributed by atoms with Crippen molar-refractivity contribution >= 4 is 28.6 Å². The van der Waals surface area contributed by atoms with Gasteiger partial charge in [-0.25, -0.2) is 14.6 Å². The van der Waals surface area contributed by atoms with Crippen molar-refractivity contribution in [2.24, 2.45) is 7.05 Å². The number of aryl methyl sites for hydroxylation is 1. The van der Waals surface area contributed by atoms with Crippen LogP contribution in [0.2, 0.25) is 0 Å². The molecule has 0 aromatic carbocycles. The molecule has 8 heteroatoms. The smallest absolute Gasteiger partial charge is 0.224 e. The van der Waals surface area contributed by atoms with E-state index in [0.717, 1.165) is 72.9 Å². The van der Waals surface area contributed by atoms with Crippen molar-refractivity contribution in [2.75, 3.05) is 42.9 Å². The van der Waals surface area contributed by atoms with Gasteiger partial charge in [0.05, 0.1) is 0 Å². The molecule has 0 spiro atoms. The number of rotatable bonds is 6. The lowest BCUT2D eigenvalue weighted by atomic mass is 10.1. The van der Waals surface area contributed by atoms with Crippen molar-refractivity contribution < 1.29 is 4.79 Å². The van der Waals surface area contributed by atoms with Crippen LogP contribution in [0.5, 0.6) is 0 Å². The van der Waals surface area contributed by atoms with E-state index in [1.165, 1.54) is 25.7 Å². The number of aromatic nitrogens is 4. The number of amides is 1. The van der Waals surface area contributed by atoms with E-state index in [0.29, 0.717) is 13.0 Å². The van der Waals surface area contributed by atoms with Gasteiger partial charge < -0.3 is 15.1 Å². The monoisotopic (exact) mass is 447 g/mol. The van der Waals surface area contributed by atoms with E-state index < -0.39 is 0 Å². The molecule has 5 rings (SSSR count). The van der Waals surface area contributed by atoms with Gasteiger partial charge in [0.15, 0.2) is 5.65 Å². The van der Waals surface area contributed by atoms with Crippen LogP contribution in [-0.2, 0) is 11.8 Å². The third kappa shape index (κ3) is 4.79. The minimum atomic E-state index is 0.226. The molecule has 0 aliphatic carbocycles. The van der Waals surface area contributed by atoms with E-state index in [9.17, 15) is 4.79 Å². The molecule has 174 valence electrons. The van der Waals surface area contributed by atoms with Gasteiger partial charge in [-0.05, 0) is 49.9 Å². The fourth-order valence-electron chi connectivity index (χ4n) is 4.87. The minimum Gasteiger partial charge on any atom is -0.370 e. The van der Waals surface area contributed by atoms with Gasteiger partial charge in [0.25, 0.3) is 0 Å². The molecular formula is C25H33N7O. The molecule has 2 aliphatic rings. The number of hydrogen-bond donors (Lipinski definition) is 1. The van der Waals surface area contributed by atoms with Crippen LogP contribution in [-0.4, -0.2) is 63.3 Å². The molecule has 1 amide bonds. The average molecular weight is 448 g/mol. The summed E-state index contributed by atoms with van der Waals surface area (Å²) in [7, 11) is 1.95. The van der Waals surface area contributed by atoms with Crippen LogP contribution < -0.4 is 10.2 Å². The van der Waals surface area contributed by atoms with Gasteiger partial charge in [-0.15, -0.1) is 0 Å². The second-order valence-electron chi connectivity index (χ2n) is 9.11. The summed E-state index contributed by atoms with van der Waals surface area (Å²) in [4.78, 5) is 26.0. The molecule has 0 radical (unpaired) electrons. The lowest BCUT2D eigenvalue weighted by Gasteiger charge is -2.21. The number of nitrogens with zero attached hydrogens (tertiary/aromatic N) is 6. The zero-order valence-electron chi connectivity index (χ0n) is 19.5. The van der Waals surface area contributed by atoms with Gasteiger partial charge in [0, 0.05) is 63.3 Å². The second kappa shape index (κ2) is 9.77. The number of anilines is 2. The van der Waals surface area contributed by atoms with Crippen molar-refractivity contribution in [2.45, 2.75) is 44.9 Å². The molecule has 2 saturated heterocycles. The Balaban J connectivity index is 1.27. The summed E-state index contributed by atoms with van der Waals surface area (Å²) in [5.41, 5.74) is 2.75. The quantitative estimate of drug-likeness (QED) is 0.619. The number of carbonyl (C=O) groups is 1. The zero-order chi connectivity index (χ0) is 22.6. The predicted octanol–water partition coefficient (Wildman–Crippen LogP) is 3.84. The maximum Gasteiger partial charge on any atom is 0.224 e. The van der Waals surface area contributed by atoms with E-state index in [1.807, 2.05) is 35.0 Å². The van der Waals surface area contributed by atoms with Crippen LogP contribution in [0.3, 0.4) is 0 Å². The maximum absolute atomic E-state index is 12.2. The molecule has 1 N–H and O–H groups in total. The average Bonchev–Trinajstić information content (AvgIpc) is 3.40. The number of hydrogen-bond acceptors (Lipinski definition) is 6. The topological polar surface area (TPSA) is 79.2 Å². The van der Waals surface area contributed by atoms with Crippen molar-refractivity contribution in [1.29, 1.82) is 0 Å². The number of fused-ring (bicyclic) bond motifs is 1. The van der Waals surface area contributed by atoms with E-state index in [4.69, 9.17) is 10.1 Å². The summed E-state index contributed by atoms with van der Waals surface area (Å²) in [5, 5.41) is 9.05. The summed E-state index contributed by atoms with van der Waals surface area (Å²) in [6.07, 6.45) is 9.67. The van der Waals surface area contributed by atoms with Crippen molar-refractivity contribution in [1.82, 2.24) is 24.6 Å². The molecule has 0 unspecified atom stereocenters. The Morgan fingerprint density at radius 1 is 0.970 bits per heavy atom. The Hall–Kier alpha value is -3.16. The highest BCUT2D eigenvalue weighted by Gasteiger charge is 2.18. The number of pyridine rings is 2. The minimum absolute atomic E-state index is 0.226. The molecule has 0 atom stereocenters. The largest absolute Gasteiger partial charge is 0.370 e. The Bertz CT molecular complexity index is 1090. The number of likely N-dealkylation sites (tertiary alicyclic amines) is 1. The van der Waals surface area contributed by atoms with E-state index in [1.54, 1.807) is 0 Å². The summed E-state index contributed by atoms with van der Waals surface area (Å²) < 4.78 is 1.86. The fraction of sp³-hybridized carbons (Fsp3) is 0.520. The highest BCUT2D eigenvalue weighted by molar-refractivity contribution is 5.92. The Morgan fingerprint density at radius 3 is 2.45 bits per heavy atom. The van der Waals surface area contributed by atoms with Crippen molar-refractivity contribution in [3.8, 4) is 11.3 Å². The Morgan fingerprint density at radius 2 is 1.73 bits per heavy atom. The van der Waals surface area contributed by atoms with Crippen LogP contribution in [0.1, 0.15) is 44.9 Å². The van der Waals surface area contributed by atoms with Gasteiger partial charge in [-0.3, -0.25) is 4.79 Å². The first-order valence-corrected chi connectivity index (χ1v) is 12.3. The molecule has 0 bridgehead atoms. The molecular weight excluding hydrogens is 414 g/mol. The third-order valence-electron chi connectivity index (χ3n) is 6.74. The standard InChI is InChI=1S/C25H33N7O/c1-30-25-20(9-11-22(28-25)31-14-4-2-3-5-15-31)24(29-30)19-8-10-21(27-18-19)26-13-12-23(33)32-16-6-7-17-32/h8-11,18H,2-7,12-17H2,1H3,(H,26,27). The first-order valence-electron chi connectivity index (χ1n) is 12.3. The summed E-state index contributed by atoms with van der Waals surface area (Å²) in [6.45, 7) is 4.55. The highest BCUT2D eigenvalue weighted by Crippen LogP contribution is 2.29. The first-order chi connectivity index (χ1) is 16.2. The molecule has 2 aliphatic heterocycles. The summed E-state index contributed by atoms with van der Waals surface area (Å²) >= 11 is 0. The third-order valence-corrected chi connectivity index (χ3v) is 6.74. The molecule has 3 aromatic rings. The number of carbonyl (C=O) groups excluding carboxylic acids is 1. The molecule has 0 saturated carbocycles. The molecule has 2 fully saturated rings.